The minimum absolute atomic E-state index is 0.00988. The number of fused-ring (bicyclic) bond motifs is 2. The van der Waals surface area contributed by atoms with Crippen molar-refractivity contribution in [3.63, 3.8) is 0 Å². The third kappa shape index (κ3) is 4.74. The number of hydrogen-bond donors (Lipinski definition) is 1. The first-order chi connectivity index (χ1) is 17.8. The van der Waals surface area contributed by atoms with E-state index in [-0.39, 0.29) is 35.0 Å². The summed E-state index contributed by atoms with van der Waals surface area (Å²) in [5, 5.41) is 7.75. The smallest absolute Gasteiger partial charge is 0.430 e. The van der Waals surface area contributed by atoms with Gasteiger partial charge in [0.05, 0.1) is 17.1 Å². The highest BCUT2D eigenvalue weighted by molar-refractivity contribution is 5.97. The second kappa shape index (κ2) is 9.17. The molecule has 5 rings (SSSR count). The lowest BCUT2D eigenvalue weighted by molar-refractivity contribution is -0.206. The molecular weight excluding hydrogens is 503 g/mol. The van der Waals surface area contributed by atoms with Crippen molar-refractivity contribution in [3.8, 4) is 11.3 Å². The minimum atomic E-state index is -4.84. The molecule has 0 unspecified atom stereocenters. The molecule has 2 aliphatic rings. The Labute approximate surface area is 216 Å². The maximum atomic E-state index is 14.0. The molecule has 1 fully saturated rings. The second-order valence-corrected chi connectivity index (χ2v) is 10.6. The van der Waals surface area contributed by atoms with Crippen molar-refractivity contribution in [3.05, 3.63) is 42.1 Å². The van der Waals surface area contributed by atoms with E-state index < -0.39 is 24.0 Å². The molecule has 1 saturated heterocycles. The van der Waals surface area contributed by atoms with Crippen LogP contribution in [0.3, 0.4) is 0 Å². The van der Waals surface area contributed by atoms with Gasteiger partial charge in [-0.2, -0.15) is 18.3 Å². The Morgan fingerprint density at radius 3 is 2.61 bits per heavy atom. The van der Waals surface area contributed by atoms with Gasteiger partial charge in [0.25, 0.3) is 0 Å². The normalized spacial score (nSPS) is 22.0. The van der Waals surface area contributed by atoms with Gasteiger partial charge < -0.3 is 14.4 Å². The van der Waals surface area contributed by atoms with Crippen LogP contribution in [0.25, 0.3) is 22.2 Å². The zero-order valence-corrected chi connectivity index (χ0v) is 21.4. The monoisotopic (exact) mass is 531 g/mol. The predicted octanol–water partition coefficient (Wildman–Crippen LogP) is 6.08. The quantitative estimate of drug-likeness (QED) is 0.430. The van der Waals surface area contributed by atoms with Gasteiger partial charge in [0.1, 0.15) is 17.1 Å². The summed E-state index contributed by atoms with van der Waals surface area (Å²) in [5.41, 5.74) is 0.356. The lowest BCUT2D eigenvalue weighted by atomic mass is 9.94. The first kappa shape index (κ1) is 25.8. The molecule has 0 radical (unpaired) electrons. The number of pyridine rings is 1. The van der Waals surface area contributed by atoms with Crippen molar-refractivity contribution in [2.45, 2.75) is 58.0 Å². The van der Waals surface area contributed by atoms with Crippen LogP contribution in [-0.4, -0.2) is 56.7 Å². The van der Waals surface area contributed by atoms with Gasteiger partial charge in [-0.15, -0.1) is 0 Å². The van der Waals surface area contributed by atoms with E-state index in [0.717, 1.165) is 5.52 Å². The number of anilines is 1. The van der Waals surface area contributed by atoms with Gasteiger partial charge >= 0.3 is 18.4 Å². The van der Waals surface area contributed by atoms with Crippen LogP contribution in [0, 0.1) is 5.92 Å². The number of cyclic esters (lactones) is 1. The second-order valence-electron chi connectivity index (χ2n) is 10.6. The highest BCUT2D eigenvalue weighted by Gasteiger charge is 2.49. The van der Waals surface area contributed by atoms with Crippen LogP contribution in [0.15, 0.2) is 36.5 Å². The summed E-state index contributed by atoms with van der Waals surface area (Å²) < 4.78 is 53.9. The zero-order chi connectivity index (χ0) is 27.4. The van der Waals surface area contributed by atoms with Gasteiger partial charge in [0, 0.05) is 30.2 Å². The molecule has 0 bridgehead atoms. The summed E-state index contributed by atoms with van der Waals surface area (Å²) in [6, 6.07) is 8.64. The van der Waals surface area contributed by atoms with Gasteiger partial charge in [-0.05, 0) is 45.2 Å². The number of para-hydroxylation sites is 1. The summed E-state index contributed by atoms with van der Waals surface area (Å²) in [6.07, 6.45) is -6.99. The molecule has 3 atom stereocenters. The Kier molecular flexibility index (Phi) is 6.23. The predicted molar refractivity (Wildman–Crippen MR) is 132 cm³/mol. The fourth-order valence-electron chi connectivity index (χ4n) is 5.10. The maximum absolute atomic E-state index is 14.0. The molecule has 1 aromatic carbocycles. The average molecular weight is 532 g/mol. The molecule has 3 aromatic rings. The number of alkyl halides is 3. The SMILES string of the molecule is C[C@@H]1CN(C(=O)OC(C)(C)C)CC[C@H]1n1nc(-c2ccnc3c2[C@H](C(F)(F)F)OC(=O)N3)c2ccccc21. The molecule has 2 amide bonds. The molecule has 0 aliphatic carbocycles. The van der Waals surface area contributed by atoms with Crippen LogP contribution >= 0.6 is 0 Å². The van der Waals surface area contributed by atoms with E-state index in [2.05, 4.69) is 15.0 Å². The fraction of sp³-hybridized carbons (Fsp3) is 0.462. The van der Waals surface area contributed by atoms with Gasteiger partial charge in [-0.25, -0.2) is 14.6 Å². The molecule has 202 valence electrons. The van der Waals surface area contributed by atoms with Crippen molar-refractivity contribution in [1.29, 1.82) is 0 Å². The Hall–Kier alpha value is -3.83. The summed E-state index contributed by atoms with van der Waals surface area (Å²) >= 11 is 0. The molecule has 2 aliphatic heterocycles. The van der Waals surface area contributed by atoms with Crippen LogP contribution in [0.5, 0.6) is 0 Å². The zero-order valence-electron chi connectivity index (χ0n) is 21.4. The van der Waals surface area contributed by atoms with Crippen LogP contribution in [0.4, 0.5) is 28.6 Å². The van der Waals surface area contributed by atoms with Crippen LogP contribution in [0.2, 0.25) is 0 Å². The maximum Gasteiger partial charge on any atom is 0.430 e. The molecule has 12 heteroatoms. The number of piperidine rings is 1. The number of amides is 2. The Bertz CT molecular complexity index is 1400. The van der Waals surface area contributed by atoms with Crippen molar-refractivity contribution < 1.29 is 32.2 Å². The van der Waals surface area contributed by atoms with Gasteiger partial charge in [0.15, 0.2) is 0 Å². The largest absolute Gasteiger partial charge is 0.444 e. The number of nitrogens with one attached hydrogen (secondary N) is 1. The molecule has 1 N–H and O–H groups in total. The van der Waals surface area contributed by atoms with Crippen molar-refractivity contribution >= 4 is 28.9 Å². The Balaban J connectivity index is 1.55. The van der Waals surface area contributed by atoms with E-state index in [0.29, 0.717) is 30.6 Å². The van der Waals surface area contributed by atoms with Gasteiger partial charge in [-0.1, -0.05) is 25.1 Å². The number of ether oxygens (including phenoxy) is 2. The van der Waals surface area contributed by atoms with E-state index in [1.54, 1.807) is 17.0 Å². The van der Waals surface area contributed by atoms with E-state index in [4.69, 9.17) is 9.84 Å². The molecule has 0 spiro atoms. The molecule has 38 heavy (non-hydrogen) atoms. The summed E-state index contributed by atoms with van der Waals surface area (Å²) in [7, 11) is 0. The first-order valence-corrected chi connectivity index (χ1v) is 12.3. The lowest BCUT2D eigenvalue weighted by Gasteiger charge is -2.37. The van der Waals surface area contributed by atoms with E-state index in [1.165, 1.54) is 12.3 Å². The van der Waals surface area contributed by atoms with Crippen molar-refractivity contribution in [1.82, 2.24) is 19.7 Å². The summed E-state index contributed by atoms with van der Waals surface area (Å²) in [5.74, 6) is -0.219. The lowest BCUT2D eigenvalue weighted by Crippen LogP contribution is -2.45. The minimum Gasteiger partial charge on any atom is -0.444 e. The third-order valence-electron chi connectivity index (χ3n) is 6.69. The summed E-state index contributed by atoms with van der Waals surface area (Å²) in [6.45, 7) is 8.36. The van der Waals surface area contributed by atoms with Crippen molar-refractivity contribution in [2.24, 2.45) is 5.92 Å². The number of aromatic nitrogens is 3. The van der Waals surface area contributed by atoms with Crippen LogP contribution in [0.1, 0.15) is 51.8 Å². The molecule has 9 nitrogen and oxygen atoms in total. The number of rotatable bonds is 2. The fourth-order valence-corrected chi connectivity index (χ4v) is 5.10. The standard InChI is InChI=1S/C26H28F3N5O4/c1-14-13-33(24(36)38-25(2,3)4)12-10-17(14)34-18-8-6-5-7-15(18)20(32-34)16-9-11-30-22-19(16)21(26(27,28)29)37-23(35)31-22/h5-9,11,14,17,21H,10,12-13H2,1-4H3,(H,30,31,35)/t14-,17-,21-/m1/s1. The number of carbonyl (C=O) groups excluding carboxylic acids is 2. The van der Waals surface area contributed by atoms with Crippen LogP contribution in [-0.2, 0) is 9.47 Å². The number of carbonyl (C=O) groups is 2. The topological polar surface area (TPSA) is 98.6 Å². The average Bonchev–Trinajstić information content (AvgIpc) is 3.20. The summed E-state index contributed by atoms with van der Waals surface area (Å²) in [4.78, 5) is 30.1. The van der Waals surface area contributed by atoms with Crippen molar-refractivity contribution in [2.75, 3.05) is 18.4 Å². The Morgan fingerprint density at radius 1 is 1.18 bits per heavy atom. The van der Waals surface area contributed by atoms with E-state index in [9.17, 15) is 22.8 Å². The number of likely N-dealkylation sites (tertiary alicyclic amines) is 1. The first-order valence-electron chi connectivity index (χ1n) is 12.3. The number of halogens is 3. The van der Waals surface area contributed by atoms with Gasteiger partial charge in [0.2, 0.25) is 6.10 Å². The molecule has 0 saturated carbocycles. The number of hydrogen-bond acceptors (Lipinski definition) is 6. The van der Waals surface area contributed by atoms with E-state index in [1.807, 2.05) is 44.5 Å². The Morgan fingerprint density at radius 2 is 1.92 bits per heavy atom. The molecule has 4 heterocycles. The molecule has 2 aromatic heterocycles. The number of benzene rings is 1. The number of nitrogens with zero attached hydrogens (tertiary/aromatic N) is 4. The highest BCUT2D eigenvalue weighted by atomic mass is 19.4. The molecular formula is C26H28F3N5O4. The van der Waals surface area contributed by atoms with Gasteiger partial charge in [-0.3, -0.25) is 10.00 Å². The van der Waals surface area contributed by atoms with Crippen LogP contribution < -0.4 is 5.32 Å². The third-order valence-corrected chi connectivity index (χ3v) is 6.69. The van der Waals surface area contributed by atoms with E-state index >= 15 is 0 Å². The highest BCUT2D eigenvalue weighted by Crippen LogP contribution is 2.46.